The average molecular weight is 190 g/mol. The zero-order valence-electron chi connectivity index (χ0n) is 7.71. The van der Waals surface area contributed by atoms with Crippen molar-refractivity contribution in [3.05, 3.63) is 36.8 Å². The lowest BCUT2D eigenvalue weighted by Crippen LogP contribution is -1.78. The molecule has 2 aromatic heterocycles. The minimum Gasteiger partial charge on any atom is -0.481 e. The first kappa shape index (κ1) is 10.1. The van der Waals surface area contributed by atoms with Crippen LogP contribution in [0.2, 0.25) is 0 Å². The van der Waals surface area contributed by atoms with Gasteiger partial charge in [-0.15, -0.1) is 0 Å². The van der Waals surface area contributed by atoms with Crippen molar-refractivity contribution < 1.29 is 9.90 Å². The molecule has 4 heteroatoms. The highest BCUT2D eigenvalue weighted by atomic mass is 16.4. The lowest BCUT2D eigenvalue weighted by Gasteiger charge is -1.90. The van der Waals surface area contributed by atoms with E-state index < -0.39 is 5.97 Å². The Balaban J connectivity index is 0.000000213. The van der Waals surface area contributed by atoms with Gasteiger partial charge in [0.15, 0.2) is 0 Å². The Morgan fingerprint density at radius 3 is 2.71 bits per heavy atom. The van der Waals surface area contributed by atoms with Crippen molar-refractivity contribution in [1.82, 2.24) is 9.97 Å². The summed E-state index contributed by atoms with van der Waals surface area (Å²) in [6.45, 7) is 1.08. The maximum Gasteiger partial charge on any atom is 0.300 e. The van der Waals surface area contributed by atoms with Crippen LogP contribution in [-0.4, -0.2) is 21.0 Å². The molecular weight excluding hydrogens is 180 g/mol. The molecule has 72 valence electrons. The smallest absolute Gasteiger partial charge is 0.300 e. The van der Waals surface area contributed by atoms with Crippen LogP contribution in [0, 0.1) is 0 Å². The quantitative estimate of drug-likeness (QED) is 0.687. The van der Waals surface area contributed by atoms with Gasteiger partial charge in [0.1, 0.15) is 0 Å². The molecule has 0 aliphatic carbocycles. The fourth-order valence-corrected chi connectivity index (χ4v) is 0.915. The first-order valence-corrected chi connectivity index (χ1v) is 4.04. The monoisotopic (exact) mass is 190 g/mol. The van der Waals surface area contributed by atoms with Gasteiger partial charge < -0.3 is 5.11 Å². The van der Waals surface area contributed by atoms with Gasteiger partial charge in [0, 0.05) is 30.9 Å². The minimum atomic E-state index is -0.833. The molecule has 2 aromatic rings. The van der Waals surface area contributed by atoms with Crippen molar-refractivity contribution in [3.8, 4) is 0 Å². The van der Waals surface area contributed by atoms with Crippen LogP contribution in [0.1, 0.15) is 6.92 Å². The van der Waals surface area contributed by atoms with E-state index in [1.54, 1.807) is 12.4 Å². The maximum absolute atomic E-state index is 9.00. The van der Waals surface area contributed by atoms with Crippen LogP contribution < -0.4 is 0 Å². The fraction of sp³-hybridized carbons (Fsp3) is 0.100. The zero-order chi connectivity index (χ0) is 10.4. The zero-order valence-corrected chi connectivity index (χ0v) is 7.71. The fourth-order valence-electron chi connectivity index (χ4n) is 0.915. The average Bonchev–Trinajstić information content (AvgIpc) is 2.17. The predicted octanol–water partition coefficient (Wildman–Crippen LogP) is 1.72. The number of carbonyl (C=O) groups is 1. The summed E-state index contributed by atoms with van der Waals surface area (Å²) in [5.41, 5.74) is 0.998. The first-order chi connectivity index (χ1) is 6.70. The Kier molecular flexibility index (Phi) is 3.55. The van der Waals surface area contributed by atoms with Crippen molar-refractivity contribution in [1.29, 1.82) is 0 Å². The molecule has 0 atom stereocenters. The third kappa shape index (κ3) is 3.18. The Hall–Kier alpha value is -1.97. The SMILES string of the molecule is CC(=O)O.c1cnc2ccncc2c1. The summed E-state index contributed by atoms with van der Waals surface area (Å²) in [5.74, 6) is -0.833. The van der Waals surface area contributed by atoms with Gasteiger partial charge in [-0.05, 0) is 18.2 Å². The number of hydrogen-bond donors (Lipinski definition) is 1. The predicted molar refractivity (Wildman–Crippen MR) is 52.8 cm³/mol. The van der Waals surface area contributed by atoms with E-state index in [2.05, 4.69) is 9.97 Å². The van der Waals surface area contributed by atoms with Crippen LogP contribution in [-0.2, 0) is 4.79 Å². The Morgan fingerprint density at radius 1 is 1.36 bits per heavy atom. The summed E-state index contributed by atoms with van der Waals surface area (Å²) in [6.07, 6.45) is 5.33. The number of hydrogen-bond acceptors (Lipinski definition) is 3. The lowest BCUT2D eigenvalue weighted by atomic mass is 10.3. The highest BCUT2D eigenvalue weighted by molar-refractivity contribution is 5.76. The van der Waals surface area contributed by atoms with Crippen LogP contribution >= 0.6 is 0 Å². The molecule has 0 aromatic carbocycles. The molecule has 0 saturated carbocycles. The van der Waals surface area contributed by atoms with E-state index >= 15 is 0 Å². The highest BCUT2D eigenvalue weighted by Crippen LogP contribution is 2.05. The van der Waals surface area contributed by atoms with E-state index in [1.807, 2.05) is 24.4 Å². The molecule has 0 amide bonds. The van der Waals surface area contributed by atoms with E-state index in [0.29, 0.717) is 0 Å². The maximum atomic E-state index is 9.00. The number of rotatable bonds is 0. The molecule has 1 N–H and O–H groups in total. The molecule has 0 spiro atoms. The van der Waals surface area contributed by atoms with Crippen molar-refractivity contribution in [3.63, 3.8) is 0 Å². The Bertz CT molecular complexity index is 360. The summed E-state index contributed by atoms with van der Waals surface area (Å²) in [6, 6.07) is 5.80. The molecular formula is C10H10N2O2. The largest absolute Gasteiger partial charge is 0.481 e. The van der Waals surface area contributed by atoms with Crippen molar-refractivity contribution in [2.45, 2.75) is 6.92 Å². The van der Waals surface area contributed by atoms with Crippen LogP contribution in [0.25, 0.3) is 10.9 Å². The number of fused-ring (bicyclic) bond motifs is 1. The topological polar surface area (TPSA) is 63.1 Å². The Labute approximate surface area is 81.2 Å². The van der Waals surface area contributed by atoms with E-state index in [-0.39, 0.29) is 0 Å². The number of nitrogens with zero attached hydrogens (tertiary/aromatic N) is 2. The first-order valence-electron chi connectivity index (χ1n) is 4.04. The van der Waals surface area contributed by atoms with Gasteiger partial charge in [0.2, 0.25) is 0 Å². The summed E-state index contributed by atoms with van der Waals surface area (Å²) in [4.78, 5) is 17.1. The number of pyridine rings is 2. The Morgan fingerprint density at radius 2 is 2.07 bits per heavy atom. The molecule has 2 heterocycles. The van der Waals surface area contributed by atoms with Crippen LogP contribution in [0.5, 0.6) is 0 Å². The van der Waals surface area contributed by atoms with E-state index in [0.717, 1.165) is 17.8 Å². The molecule has 0 fully saturated rings. The third-order valence-electron chi connectivity index (χ3n) is 1.40. The van der Waals surface area contributed by atoms with Gasteiger partial charge in [0.25, 0.3) is 5.97 Å². The number of carboxylic acid groups (broad SMARTS) is 1. The summed E-state index contributed by atoms with van der Waals surface area (Å²) < 4.78 is 0. The van der Waals surface area contributed by atoms with Gasteiger partial charge in [-0.3, -0.25) is 14.8 Å². The van der Waals surface area contributed by atoms with E-state index in [1.165, 1.54) is 0 Å². The summed E-state index contributed by atoms with van der Waals surface area (Å²) >= 11 is 0. The lowest BCUT2D eigenvalue weighted by molar-refractivity contribution is -0.134. The number of aliphatic carboxylic acids is 1. The molecule has 0 unspecified atom stereocenters. The third-order valence-corrected chi connectivity index (χ3v) is 1.40. The van der Waals surface area contributed by atoms with Crippen LogP contribution in [0.3, 0.4) is 0 Å². The summed E-state index contributed by atoms with van der Waals surface area (Å²) in [5, 5.41) is 8.50. The summed E-state index contributed by atoms with van der Waals surface area (Å²) in [7, 11) is 0. The highest BCUT2D eigenvalue weighted by Gasteiger charge is 1.87. The molecule has 0 radical (unpaired) electrons. The van der Waals surface area contributed by atoms with Gasteiger partial charge in [0.05, 0.1) is 5.52 Å². The van der Waals surface area contributed by atoms with Gasteiger partial charge in [-0.25, -0.2) is 0 Å². The normalized spacial score (nSPS) is 8.93. The van der Waals surface area contributed by atoms with Crippen LogP contribution in [0.4, 0.5) is 0 Å². The molecule has 14 heavy (non-hydrogen) atoms. The van der Waals surface area contributed by atoms with Crippen molar-refractivity contribution in [2.24, 2.45) is 0 Å². The van der Waals surface area contributed by atoms with Crippen molar-refractivity contribution in [2.75, 3.05) is 0 Å². The molecule has 0 aliphatic heterocycles. The number of carboxylic acids is 1. The van der Waals surface area contributed by atoms with E-state index in [4.69, 9.17) is 9.90 Å². The van der Waals surface area contributed by atoms with Crippen LogP contribution in [0.15, 0.2) is 36.8 Å². The van der Waals surface area contributed by atoms with Gasteiger partial charge >= 0.3 is 0 Å². The van der Waals surface area contributed by atoms with E-state index in [9.17, 15) is 0 Å². The number of aromatic nitrogens is 2. The minimum absolute atomic E-state index is 0.833. The molecule has 0 bridgehead atoms. The second-order valence-corrected chi connectivity index (χ2v) is 2.59. The second kappa shape index (κ2) is 4.91. The molecule has 4 nitrogen and oxygen atoms in total. The molecule has 2 rings (SSSR count). The second-order valence-electron chi connectivity index (χ2n) is 2.59. The standard InChI is InChI=1S/C8H6N2.C2H4O2/c1-2-7-6-9-5-3-8(7)10-4-1;1-2(3)4/h1-6H;1H3,(H,3,4). The van der Waals surface area contributed by atoms with Gasteiger partial charge in [-0.1, -0.05) is 0 Å². The molecule has 0 aliphatic rings. The molecule has 0 saturated heterocycles. The van der Waals surface area contributed by atoms with Crippen molar-refractivity contribution >= 4 is 16.9 Å². The van der Waals surface area contributed by atoms with Gasteiger partial charge in [-0.2, -0.15) is 0 Å².